The summed E-state index contributed by atoms with van der Waals surface area (Å²) in [6.45, 7) is 9.00. The van der Waals surface area contributed by atoms with Gasteiger partial charge in [0.1, 0.15) is 11.3 Å². The Morgan fingerprint density at radius 1 is 0.897 bits per heavy atom. The van der Waals surface area contributed by atoms with Crippen molar-refractivity contribution < 1.29 is 23.4 Å². The summed E-state index contributed by atoms with van der Waals surface area (Å²) < 4.78 is 23.1. The average molecular weight is 528 g/mol. The van der Waals surface area contributed by atoms with Crippen molar-refractivity contribution >= 4 is 16.9 Å². The summed E-state index contributed by atoms with van der Waals surface area (Å²) in [6, 6.07) is 16.5. The van der Waals surface area contributed by atoms with Crippen LogP contribution >= 0.6 is 0 Å². The summed E-state index contributed by atoms with van der Waals surface area (Å²) in [5, 5.41) is 0.505. The number of carbonyl (C=O) groups is 1. The minimum absolute atomic E-state index is 0.101. The fourth-order valence-corrected chi connectivity index (χ4v) is 5.37. The summed E-state index contributed by atoms with van der Waals surface area (Å²) >= 11 is 0. The van der Waals surface area contributed by atoms with Crippen molar-refractivity contribution in [3.63, 3.8) is 0 Å². The molecule has 5 rings (SSSR count). The third-order valence-corrected chi connectivity index (χ3v) is 7.10. The molecule has 3 aromatic carbocycles. The summed E-state index contributed by atoms with van der Waals surface area (Å²) in [6.07, 6.45) is 0.599. The standard InChI is InChI=1S/C32H33NO6/c1-6-37-24-13-10-22(18-25(24)38-7-2)29-28-30(34)27-20(4)16-19(3)17-26(27)39-31(28)32(35)33(29)15-14-21-8-11-23(36-5)12-9-21/h8-13,16-18,29H,6-7,14-15H2,1-5H3. The zero-order valence-corrected chi connectivity index (χ0v) is 23.0. The van der Waals surface area contributed by atoms with Gasteiger partial charge in [0.2, 0.25) is 5.76 Å². The first-order valence-corrected chi connectivity index (χ1v) is 13.3. The molecule has 7 nitrogen and oxygen atoms in total. The number of aryl methyl sites for hydroxylation is 2. The zero-order chi connectivity index (χ0) is 27.7. The lowest BCUT2D eigenvalue weighted by Crippen LogP contribution is -2.31. The molecule has 2 heterocycles. The summed E-state index contributed by atoms with van der Waals surface area (Å²) in [7, 11) is 1.63. The van der Waals surface area contributed by atoms with Gasteiger partial charge in [0.25, 0.3) is 5.91 Å². The molecule has 0 spiro atoms. The Balaban J connectivity index is 1.64. The van der Waals surface area contributed by atoms with Crippen molar-refractivity contribution in [2.24, 2.45) is 0 Å². The lowest BCUT2D eigenvalue weighted by Gasteiger charge is -2.26. The third kappa shape index (κ3) is 4.85. The monoisotopic (exact) mass is 527 g/mol. The maximum Gasteiger partial charge on any atom is 0.290 e. The van der Waals surface area contributed by atoms with Crippen LogP contribution in [0, 0.1) is 13.8 Å². The molecule has 0 radical (unpaired) electrons. The Bertz CT molecular complexity index is 1590. The second-order valence-electron chi connectivity index (χ2n) is 9.70. The number of ether oxygens (including phenoxy) is 3. The smallest absolute Gasteiger partial charge is 0.290 e. The Labute approximate surface area is 227 Å². The molecule has 4 aromatic rings. The first-order valence-electron chi connectivity index (χ1n) is 13.3. The fourth-order valence-electron chi connectivity index (χ4n) is 5.37. The van der Waals surface area contributed by atoms with Crippen LogP contribution in [0.3, 0.4) is 0 Å². The van der Waals surface area contributed by atoms with Crippen LogP contribution in [0.25, 0.3) is 11.0 Å². The van der Waals surface area contributed by atoms with E-state index in [9.17, 15) is 9.59 Å². The van der Waals surface area contributed by atoms with Gasteiger partial charge in [-0.05, 0) is 86.7 Å². The average Bonchev–Trinajstić information content (AvgIpc) is 3.20. The first kappa shape index (κ1) is 26.4. The second kappa shape index (κ2) is 10.8. The van der Waals surface area contributed by atoms with E-state index in [0.29, 0.717) is 54.2 Å². The van der Waals surface area contributed by atoms with Crippen molar-refractivity contribution in [3.8, 4) is 17.2 Å². The first-order chi connectivity index (χ1) is 18.9. The number of hydrogen-bond donors (Lipinski definition) is 0. The molecule has 202 valence electrons. The van der Waals surface area contributed by atoms with Gasteiger partial charge >= 0.3 is 0 Å². The van der Waals surface area contributed by atoms with E-state index in [1.807, 2.05) is 82.3 Å². The Morgan fingerprint density at radius 2 is 1.62 bits per heavy atom. The Hall–Kier alpha value is -4.26. The number of benzene rings is 3. The molecule has 1 aromatic heterocycles. The molecule has 0 bridgehead atoms. The molecule has 1 amide bonds. The van der Waals surface area contributed by atoms with E-state index in [0.717, 1.165) is 28.0 Å². The van der Waals surface area contributed by atoms with Gasteiger partial charge in [-0.25, -0.2) is 0 Å². The molecular formula is C32H33NO6. The largest absolute Gasteiger partial charge is 0.497 e. The molecule has 0 N–H and O–H groups in total. The van der Waals surface area contributed by atoms with Crippen LogP contribution in [-0.4, -0.2) is 37.7 Å². The minimum Gasteiger partial charge on any atom is -0.497 e. The highest BCUT2D eigenvalue weighted by Gasteiger charge is 2.43. The predicted molar refractivity (Wildman–Crippen MR) is 150 cm³/mol. The van der Waals surface area contributed by atoms with E-state index in [2.05, 4.69) is 0 Å². The second-order valence-corrected chi connectivity index (χ2v) is 9.70. The van der Waals surface area contributed by atoms with Gasteiger partial charge in [0.05, 0.1) is 37.3 Å². The zero-order valence-electron chi connectivity index (χ0n) is 23.0. The molecule has 0 fully saturated rings. The lowest BCUT2D eigenvalue weighted by atomic mass is 9.96. The maximum absolute atomic E-state index is 14.0. The van der Waals surface area contributed by atoms with Crippen LogP contribution in [0.2, 0.25) is 0 Å². The molecular weight excluding hydrogens is 494 g/mol. The number of amides is 1. The van der Waals surface area contributed by atoms with Crippen molar-refractivity contribution in [1.82, 2.24) is 4.90 Å². The van der Waals surface area contributed by atoms with E-state index < -0.39 is 6.04 Å². The van der Waals surface area contributed by atoms with Gasteiger partial charge in [-0.1, -0.05) is 24.3 Å². The Kier molecular flexibility index (Phi) is 7.33. The number of fused-ring (bicyclic) bond motifs is 2. The van der Waals surface area contributed by atoms with Crippen LogP contribution in [0.15, 0.2) is 63.8 Å². The summed E-state index contributed by atoms with van der Waals surface area (Å²) in [4.78, 5) is 29.6. The highest BCUT2D eigenvalue weighted by Crippen LogP contribution is 2.41. The molecule has 1 unspecified atom stereocenters. The molecule has 0 saturated carbocycles. The van der Waals surface area contributed by atoms with Crippen LogP contribution in [-0.2, 0) is 6.42 Å². The van der Waals surface area contributed by atoms with Crippen LogP contribution in [0.1, 0.15) is 58.3 Å². The van der Waals surface area contributed by atoms with Crippen molar-refractivity contribution in [1.29, 1.82) is 0 Å². The van der Waals surface area contributed by atoms with E-state index in [1.54, 1.807) is 12.0 Å². The van der Waals surface area contributed by atoms with Crippen molar-refractivity contribution in [2.75, 3.05) is 26.9 Å². The van der Waals surface area contributed by atoms with Gasteiger partial charge < -0.3 is 23.5 Å². The number of rotatable bonds is 9. The summed E-state index contributed by atoms with van der Waals surface area (Å²) in [5.74, 6) is 1.77. The molecule has 7 heteroatoms. The fraction of sp³-hybridized carbons (Fsp3) is 0.312. The van der Waals surface area contributed by atoms with Gasteiger partial charge in [-0.3, -0.25) is 9.59 Å². The van der Waals surface area contributed by atoms with E-state index in [-0.39, 0.29) is 17.1 Å². The topological polar surface area (TPSA) is 78.2 Å². The van der Waals surface area contributed by atoms with Crippen LogP contribution in [0.5, 0.6) is 17.2 Å². The van der Waals surface area contributed by atoms with E-state index >= 15 is 0 Å². The van der Waals surface area contributed by atoms with Gasteiger partial charge in [-0.2, -0.15) is 0 Å². The quantitative estimate of drug-likeness (QED) is 0.266. The van der Waals surface area contributed by atoms with E-state index in [1.165, 1.54) is 0 Å². The highest BCUT2D eigenvalue weighted by atomic mass is 16.5. The minimum atomic E-state index is -0.623. The third-order valence-electron chi connectivity index (χ3n) is 7.10. The van der Waals surface area contributed by atoms with E-state index in [4.69, 9.17) is 18.6 Å². The summed E-state index contributed by atoms with van der Waals surface area (Å²) in [5.41, 5.74) is 4.22. The number of carbonyl (C=O) groups excluding carboxylic acids is 1. The maximum atomic E-state index is 14.0. The van der Waals surface area contributed by atoms with Gasteiger partial charge in [0, 0.05) is 6.54 Å². The molecule has 1 atom stereocenters. The van der Waals surface area contributed by atoms with Crippen molar-refractivity contribution in [3.05, 3.63) is 98.4 Å². The molecule has 1 aliphatic heterocycles. The predicted octanol–water partition coefficient (Wildman–Crippen LogP) is 6.00. The number of nitrogens with zero attached hydrogens (tertiary/aromatic N) is 1. The normalized spacial score (nSPS) is 14.5. The molecule has 0 saturated heterocycles. The van der Waals surface area contributed by atoms with Crippen molar-refractivity contribution in [2.45, 2.75) is 40.2 Å². The highest BCUT2D eigenvalue weighted by molar-refractivity contribution is 5.99. The molecule has 0 aliphatic carbocycles. The van der Waals surface area contributed by atoms with Crippen LogP contribution in [0.4, 0.5) is 0 Å². The van der Waals surface area contributed by atoms with Gasteiger partial charge in [-0.15, -0.1) is 0 Å². The SMILES string of the molecule is CCOc1ccc(C2c3c(oc4cc(C)cc(C)c4c3=O)C(=O)N2CCc2ccc(OC)cc2)cc1OCC. The Morgan fingerprint density at radius 3 is 2.31 bits per heavy atom. The number of hydrogen-bond acceptors (Lipinski definition) is 6. The molecule has 39 heavy (non-hydrogen) atoms. The lowest BCUT2D eigenvalue weighted by molar-refractivity contribution is 0.0729. The number of methoxy groups -OCH3 is 1. The van der Waals surface area contributed by atoms with Crippen LogP contribution < -0.4 is 19.6 Å². The molecule has 1 aliphatic rings. The van der Waals surface area contributed by atoms with Gasteiger partial charge in [0.15, 0.2) is 16.9 Å².